The predicted octanol–water partition coefficient (Wildman–Crippen LogP) is 4.92. The zero-order valence-corrected chi connectivity index (χ0v) is 20.1. The first kappa shape index (κ1) is 23.4. The Morgan fingerprint density at radius 2 is 1.41 bits per heavy atom. The van der Waals surface area contributed by atoms with Crippen LogP contribution in [-0.4, -0.2) is 39.9 Å². The molecule has 8 heteroatoms. The molecule has 0 amide bonds. The molecule has 0 saturated heterocycles. The molecule has 0 fully saturated rings. The molecule has 0 aliphatic carbocycles. The van der Waals surface area contributed by atoms with E-state index < -0.39 is 0 Å². The van der Waals surface area contributed by atoms with Gasteiger partial charge < -0.3 is 19.1 Å². The van der Waals surface area contributed by atoms with Gasteiger partial charge in [0.05, 0.1) is 14.2 Å². The minimum Gasteiger partial charge on any atom is -0.497 e. The Bertz CT molecular complexity index is 1140. The number of methoxy groups -OCH3 is 2. The van der Waals surface area contributed by atoms with E-state index in [0.717, 1.165) is 35.5 Å². The standard InChI is InChI=1S/C26H31N5O3/c1-5-21(6-2)34-26-28-25(24-27-15-16-31(24)29-26)30(17-19-7-11-22(32-3)12-8-19)18-20-9-13-23(33-4)14-10-20/h7-16,21H,5-6,17-18H2,1-4H3. The van der Waals surface area contributed by atoms with Crippen LogP contribution >= 0.6 is 0 Å². The van der Waals surface area contributed by atoms with E-state index in [2.05, 4.69) is 53.1 Å². The summed E-state index contributed by atoms with van der Waals surface area (Å²) in [7, 11) is 3.34. The third-order valence-electron chi connectivity index (χ3n) is 5.76. The van der Waals surface area contributed by atoms with Crippen molar-refractivity contribution in [3.63, 3.8) is 0 Å². The third-order valence-corrected chi connectivity index (χ3v) is 5.76. The molecule has 0 unspecified atom stereocenters. The second-order valence-corrected chi connectivity index (χ2v) is 8.02. The fourth-order valence-corrected chi connectivity index (χ4v) is 3.77. The number of fused-ring (bicyclic) bond motifs is 1. The largest absolute Gasteiger partial charge is 0.497 e. The Kier molecular flexibility index (Phi) is 7.47. The van der Waals surface area contributed by atoms with Crippen LogP contribution in [0.4, 0.5) is 5.82 Å². The van der Waals surface area contributed by atoms with Crippen LogP contribution in [0.1, 0.15) is 37.8 Å². The van der Waals surface area contributed by atoms with Crippen LogP contribution in [-0.2, 0) is 13.1 Å². The first-order chi connectivity index (χ1) is 16.6. The SMILES string of the molecule is CCC(CC)Oc1nc(N(Cc2ccc(OC)cc2)Cc2ccc(OC)cc2)c2nccn2n1. The highest BCUT2D eigenvalue weighted by Crippen LogP contribution is 2.26. The highest BCUT2D eigenvalue weighted by Gasteiger charge is 2.19. The van der Waals surface area contributed by atoms with E-state index in [4.69, 9.17) is 19.2 Å². The smallest absolute Gasteiger partial charge is 0.336 e. The first-order valence-corrected chi connectivity index (χ1v) is 11.5. The summed E-state index contributed by atoms with van der Waals surface area (Å²) in [6.07, 6.45) is 5.38. The molecule has 4 aromatic rings. The van der Waals surface area contributed by atoms with E-state index in [9.17, 15) is 0 Å². The van der Waals surface area contributed by atoms with E-state index in [1.54, 1.807) is 24.9 Å². The fraction of sp³-hybridized carbons (Fsp3) is 0.346. The second kappa shape index (κ2) is 10.9. The highest BCUT2D eigenvalue weighted by molar-refractivity contribution is 5.64. The maximum absolute atomic E-state index is 6.11. The normalized spacial score (nSPS) is 11.1. The Hall–Kier alpha value is -3.81. The van der Waals surface area contributed by atoms with Crippen molar-refractivity contribution in [3.8, 4) is 17.5 Å². The van der Waals surface area contributed by atoms with Gasteiger partial charge in [0.2, 0.25) is 0 Å². The van der Waals surface area contributed by atoms with Gasteiger partial charge in [-0.3, -0.25) is 0 Å². The molecule has 0 aliphatic heterocycles. The van der Waals surface area contributed by atoms with Crippen LogP contribution in [0.3, 0.4) is 0 Å². The predicted molar refractivity (Wildman–Crippen MR) is 132 cm³/mol. The molecule has 2 aromatic carbocycles. The third kappa shape index (κ3) is 5.39. The summed E-state index contributed by atoms with van der Waals surface area (Å²) in [5, 5.41) is 4.53. The van der Waals surface area contributed by atoms with Crippen molar-refractivity contribution in [1.82, 2.24) is 19.6 Å². The Balaban J connectivity index is 1.73. The molecule has 8 nitrogen and oxygen atoms in total. The van der Waals surface area contributed by atoms with Crippen molar-refractivity contribution in [2.75, 3.05) is 19.1 Å². The fourth-order valence-electron chi connectivity index (χ4n) is 3.77. The molecule has 34 heavy (non-hydrogen) atoms. The van der Waals surface area contributed by atoms with Gasteiger partial charge in [0.25, 0.3) is 0 Å². The molecule has 0 N–H and O–H groups in total. The van der Waals surface area contributed by atoms with Gasteiger partial charge in [-0.15, -0.1) is 5.10 Å². The lowest BCUT2D eigenvalue weighted by Crippen LogP contribution is -2.25. The van der Waals surface area contributed by atoms with Crippen molar-refractivity contribution in [1.29, 1.82) is 0 Å². The van der Waals surface area contributed by atoms with Crippen LogP contribution in [0.25, 0.3) is 5.65 Å². The number of imidazole rings is 1. The molecule has 0 radical (unpaired) electrons. The lowest BCUT2D eigenvalue weighted by atomic mass is 10.1. The minimum atomic E-state index is 0.0606. The monoisotopic (exact) mass is 461 g/mol. The number of hydrogen-bond donors (Lipinski definition) is 0. The zero-order valence-electron chi connectivity index (χ0n) is 20.1. The van der Waals surface area contributed by atoms with E-state index in [1.165, 1.54) is 0 Å². The summed E-state index contributed by atoms with van der Waals surface area (Å²) < 4.78 is 18.5. The molecule has 0 bridgehead atoms. The Morgan fingerprint density at radius 1 is 0.853 bits per heavy atom. The van der Waals surface area contributed by atoms with Gasteiger partial charge in [-0.2, -0.15) is 4.98 Å². The molecule has 0 aliphatic rings. The van der Waals surface area contributed by atoms with Crippen molar-refractivity contribution in [3.05, 3.63) is 72.1 Å². The zero-order chi connectivity index (χ0) is 23.9. The number of ether oxygens (including phenoxy) is 3. The molecule has 0 saturated carbocycles. The number of hydrogen-bond acceptors (Lipinski definition) is 7. The summed E-state index contributed by atoms with van der Waals surface area (Å²) in [6, 6.07) is 16.5. The number of benzene rings is 2. The van der Waals surface area contributed by atoms with Gasteiger partial charge in [0, 0.05) is 25.5 Å². The van der Waals surface area contributed by atoms with Crippen LogP contribution in [0, 0.1) is 0 Å². The Morgan fingerprint density at radius 3 is 1.91 bits per heavy atom. The molecular weight excluding hydrogens is 430 g/mol. The molecule has 4 rings (SSSR count). The second-order valence-electron chi connectivity index (χ2n) is 8.02. The summed E-state index contributed by atoms with van der Waals surface area (Å²) in [5.41, 5.74) is 2.93. The molecule has 178 valence electrons. The van der Waals surface area contributed by atoms with Crippen LogP contribution in [0.5, 0.6) is 17.5 Å². The van der Waals surface area contributed by atoms with Crippen molar-refractivity contribution in [2.45, 2.75) is 45.9 Å². The van der Waals surface area contributed by atoms with Gasteiger partial charge in [0.15, 0.2) is 11.5 Å². The highest BCUT2D eigenvalue weighted by atomic mass is 16.5. The molecule has 0 atom stereocenters. The lowest BCUT2D eigenvalue weighted by Gasteiger charge is -2.25. The van der Waals surface area contributed by atoms with Crippen LogP contribution < -0.4 is 19.1 Å². The maximum atomic E-state index is 6.11. The Labute approximate surface area is 200 Å². The summed E-state index contributed by atoms with van der Waals surface area (Å²) in [6.45, 7) is 5.45. The summed E-state index contributed by atoms with van der Waals surface area (Å²) >= 11 is 0. The van der Waals surface area contributed by atoms with Gasteiger partial charge in [-0.05, 0) is 48.2 Å². The summed E-state index contributed by atoms with van der Waals surface area (Å²) in [5.74, 6) is 2.36. The molecular formula is C26H31N5O3. The average Bonchev–Trinajstić information content (AvgIpc) is 3.36. The van der Waals surface area contributed by atoms with E-state index in [0.29, 0.717) is 30.6 Å². The van der Waals surface area contributed by atoms with Gasteiger partial charge in [0.1, 0.15) is 17.6 Å². The van der Waals surface area contributed by atoms with Crippen molar-refractivity contribution >= 4 is 11.5 Å². The topological polar surface area (TPSA) is 74.0 Å². The van der Waals surface area contributed by atoms with Gasteiger partial charge >= 0.3 is 6.01 Å². The number of nitrogens with zero attached hydrogens (tertiary/aromatic N) is 5. The molecule has 2 aromatic heterocycles. The van der Waals surface area contributed by atoms with E-state index in [-0.39, 0.29) is 6.10 Å². The number of aromatic nitrogens is 4. The van der Waals surface area contributed by atoms with Crippen LogP contribution in [0.2, 0.25) is 0 Å². The first-order valence-electron chi connectivity index (χ1n) is 11.5. The van der Waals surface area contributed by atoms with E-state index in [1.807, 2.05) is 30.5 Å². The van der Waals surface area contributed by atoms with Gasteiger partial charge in [-0.25, -0.2) is 9.50 Å². The minimum absolute atomic E-state index is 0.0606. The van der Waals surface area contributed by atoms with Crippen molar-refractivity contribution < 1.29 is 14.2 Å². The lowest BCUT2D eigenvalue weighted by molar-refractivity contribution is 0.173. The molecule has 0 spiro atoms. The molecule has 2 heterocycles. The average molecular weight is 462 g/mol. The quantitative estimate of drug-likeness (QED) is 0.314. The van der Waals surface area contributed by atoms with Gasteiger partial charge in [-0.1, -0.05) is 38.1 Å². The maximum Gasteiger partial charge on any atom is 0.336 e. The van der Waals surface area contributed by atoms with E-state index >= 15 is 0 Å². The number of anilines is 1. The van der Waals surface area contributed by atoms with Crippen molar-refractivity contribution in [2.24, 2.45) is 0 Å². The van der Waals surface area contributed by atoms with Crippen LogP contribution in [0.15, 0.2) is 60.9 Å². The summed E-state index contributed by atoms with van der Waals surface area (Å²) in [4.78, 5) is 11.6. The number of rotatable bonds is 11.